The molecule has 1 saturated carbocycles. The number of hydrogen-bond donors (Lipinski definition) is 1. The van der Waals surface area contributed by atoms with Crippen LogP contribution in [0.2, 0.25) is 0 Å². The summed E-state index contributed by atoms with van der Waals surface area (Å²) in [7, 11) is 0. The maximum atomic E-state index is 12.9. The lowest BCUT2D eigenvalue weighted by Gasteiger charge is -2.28. The van der Waals surface area contributed by atoms with Gasteiger partial charge in [-0.3, -0.25) is 0 Å². The molecule has 3 atom stereocenters. The van der Waals surface area contributed by atoms with Gasteiger partial charge in [0.05, 0.1) is 0 Å². The average molecular weight is 145 g/mol. The van der Waals surface area contributed by atoms with Gasteiger partial charge in [-0.25, -0.2) is 4.39 Å². The van der Waals surface area contributed by atoms with Crippen LogP contribution < -0.4 is 5.73 Å². The van der Waals surface area contributed by atoms with E-state index in [9.17, 15) is 4.39 Å². The van der Waals surface area contributed by atoms with E-state index >= 15 is 0 Å². The second-order valence-corrected chi connectivity index (χ2v) is 3.27. The minimum atomic E-state index is -0.737. The van der Waals surface area contributed by atoms with E-state index in [1.807, 2.05) is 0 Å². The number of hydrogen-bond acceptors (Lipinski definition) is 1. The Balaban J connectivity index is 2.33. The molecule has 1 aliphatic rings. The Morgan fingerprint density at radius 1 is 1.50 bits per heavy atom. The summed E-state index contributed by atoms with van der Waals surface area (Å²) in [6.45, 7) is 2.12. The zero-order valence-electron chi connectivity index (χ0n) is 6.52. The maximum absolute atomic E-state index is 12.9. The zero-order valence-corrected chi connectivity index (χ0v) is 6.52. The highest BCUT2D eigenvalue weighted by atomic mass is 19.1. The normalized spacial score (nSPS) is 41.7. The van der Waals surface area contributed by atoms with Gasteiger partial charge in [-0.15, -0.1) is 0 Å². The number of nitrogens with two attached hydrogens (primary N) is 1. The molecule has 2 heteroatoms. The van der Waals surface area contributed by atoms with Crippen molar-refractivity contribution >= 4 is 0 Å². The number of rotatable bonds is 1. The second kappa shape index (κ2) is 3.33. The third kappa shape index (κ3) is 1.69. The van der Waals surface area contributed by atoms with Gasteiger partial charge in [0.1, 0.15) is 6.17 Å². The molecule has 60 valence electrons. The largest absolute Gasteiger partial charge is 0.325 e. The molecule has 0 unspecified atom stereocenters. The van der Waals surface area contributed by atoms with Crippen LogP contribution in [-0.4, -0.2) is 12.2 Å². The van der Waals surface area contributed by atoms with E-state index in [1.54, 1.807) is 0 Å². The molecule has 10 heavy (non-hydrogen) atoms. The number of alkyl halides is 1. The Kier molecular flexibility index (Phi) is 2.66. The van der Waals surface area contributed by atoms with Crippen molar-refractivity contribution in [2.45, 2.75) is 44.8 Å². The van der Waals surface area contributed by atoms with Crippen molar-refractivity contribution in [2.75, 3.05) is 0 Å². The molecule has 0 aromatic heterocycles. The minimum Gasteiger partial charge on any atom is -0.325 e. The maximum Gasteiger partial charge on any atom is 0.115 e. The first-order valence-electron chi connectivity index (χ1n) is 4.13. The molecular formula is C8H16FN. The van der Waals surface area contributed by atoms with Gasteiger partial charge in [-0.2, -0.15) is 0 Å². The van der Waals surface area contributed by atoms with Crippen molar-refractivity contribution in [3.63, 3.8) is 0 Å². The second-order valence-electron chi connectivity index (χ2n) is 3.27. The van der Waals surface area contributed by atoms with Gasteiger partial charge in [-0.05, 0) is 25.2 Å². The van der Waals surface area contributed by atoms with E-state index < -0.39 is 6.17 Å². The predicted octanol–water partition coefficient (Wildman–Crippen LogP) is 1.86. The van der Waals surface area contributed by atoms with Crippen LogP contribution in [0.25, 0.3) is 0 Å². The van der Waals surface area contributed by atoms with Crippen LogP contribution in [-0.2, 0) is 0 Å². The van der Waals surface area contributed by atoms with E-state index in [1.165, 1.54) is 0 Å². The lowest BCUT2D eigenvalue weighted by Crippen LogP contribution is -2.37. The molecule has 1 rings (SSSR count). The van der Waals surface area contributed by atoms with E-state index in [0.717, 1.165) is 19.3 Å². The highest BCUT2D eigenvalue weighted by Gasteiger charge is 2.26. The molecular weight excluding hydrogens is 129 g/mol. The molecule has 0 heterocycles. The fourth-order valence-corrected chi connectivity index (χ4v) is 1.59. The lowest BCUT2D eigenvalue weighted by molar-refractivity contribution is 0.169. The predicted molar refractivity (Wildman–Crippen MR) is 40.5 cm³/mol. The van der Waals surface area contributed by atoms with Crippen LogP contribution in [0.3, 0.4) is 0 Å². The summed E-state index contributed by atoms with van der Waals surface area (Å²) in [5.41, 5.74) is 5.52. The van der Waals surface area contributed by atoms with Gasteiger partial charge in [0.15, 0.2) is 0 Å². The first kappa shape index (κ1) is 7.99. The van der Waals surface area contributed by atoms with Gasteiger partial charge in [0.2, 0.25) is 0 Å². The van der Waals surface area contributed by atoms with Gasteiger partial charge >= 0.3 is 0 Å². The topological polar surface area (TPSA) is 26.0 Å². The van der Waals surface area contributed by atoms with Crippen molar-refractivity contribution < 1.29 is 4.39 Å². The van der Waals surface area contributed by atoms with Crippen molar-refractivity contribution in [1.82, 2.24) is 0 Å². The Morgan fingerprint density at radius 3 is 2.70 bits per heavy atom. The molecule has 0 radical (unpaired) electrons. The summed E-state index contributed by atoms with van der Waals surface area (Å²) in [5, 5.41) is 0. The van der Waals surface area contributed by atoms with Crippen molar-refractivity contribution in [3.8, 4) is 0 Å². The highest BCUT2D eigenvalue weighted by Crippen LogP contribution is 2.27. The summed E-state index contributed by atoms with van der Waals surface area (Å²) in [6.07, 6.45) is 3.06. The molecule has 2 N–H and O–H groups in total. The molecule has 0 spiro atoms. The molecule has 1 nitrogen and oxygen atoms in total. The molecule has 0 amide bonds. The van der Waals surface area contributed by atoms with Crippen LogP contribution in [0.15, 0.2) is 0 Å². The minimum absolute atomic E-state index is 0.178. The monoisotopic (exact) mass is 145 g/mol. The van der Waals surface area contributed by atoms with Crippen LogP contribution in [0.5, 0.6) is 0 Å². The highest BCUT2D eigenvalue weighted by molar-refractivity contribution is 4.81. The van der Waals surface area contributed by atoms with Crippen molar-refractivity contribution in [2.24, 2.45) is 11.7 Å². The van der Waals surface area contributed by atoms with Crippen molar-refractivity contribution in [3.05, 3.63) is 0 Å². The first-order valence-corrected chi connectivity index (χ1v) is 4.13. The van der Waals surface area contributed by atoms with Gasteiger partial charge in [-0.1, -0.05) is 13.3 Å². The Morgan fingerprint density at radius 2 is 2.20 bits per heavy atom. The molecule has 0 saturated heterocycles. The first-order chi connectivity index (χ1) is 4.74. The SMILES string of the molecule is CC[C@@H]1CC[C@@H](N)[C@H](F)C1. The van der Waals surface area contributed by atoms with E-state index in [4.69, 9.17) is 5.73 Å². The fourth-order valence-electron chi connectivity index (χ4n) is 1.59. The molecule has 1 fully saturated rings. The van der Waals surface area contributed by atoms with Crippen LogP contribution in [0.4, 0.5) is 4.39 Å². The number of halogens is 1. The molecule has 0 aromatic carbocycles. The molecule has 0 aromatic rings. The molecule has 0 aliphatic heterocycles. The summed E-state index contributed by atoms with van der Waals surface area (Å²) in [4.78, 5) is 0. The van der Waals surface area contributed by atoms with E-state index in [2.05, 4.69) is 6.92 Å². The van der Waals surface area contributed by atoms with E-state index in [0.29, 0.717) is 12.3 Å². The van der Waals surface area contributed by atoms with Gasteiger partial charge in [0, 0.05) is 6.04 Å². The molecule has 0 bridgehead atoms. The summed E-state index contributed by atoms with van der Waals surface area (Å²) in [5.74, 6) is 0.592. The smallest absolute Gasteiger partial charge is 0.115 e. The summed E-state index contributed by atoms with van der Waals surface area (Å²) in [6, 6.07) is -0.178. The summed E-state index contributed by atoms with van der Waals surface area (Å²) >= 11 is 0. The van der Waals surface area contributed by atoms with Crippen LogP contribution in [0, 0.1) is 5.92 Å². The standard InChI is InChI=1S/C8H16FN/c1-2-6-3-4-8(10)7(9)5-6/h6-8H,2-5,10H2,1H3/t6-,7-,8-/m1/s1. The third-order valence-electron chi connectivity index (χ3n) is 2.51. The average Bonchev–Trinajstić information content (AvgIpc) is 1.95. The van der Waals surface area contributed by atoms with Gasteiger partial charge in [0.25, 0.3) is 0 Å². The third-order valence-corrected chi connectivity index (χ3v) is 2.51. The Hall–Kier alpha value is -0.110. The molecule has 1 aliphatic carbocycles. The van der Waals surface area contributed by atoms with E-state index in [-0.39, 0.29) is 6.04 Å². The zero-order chi connectivity index (χ0) is 7.56. The lowest BCUT2D eigenvalue weighted by atomic mass is 9.84. The van der Waals surface area contributed by atoms with Gasteiger partial charge < -0.3 is 5.73 Å². The quantitative estimate of drug-likeness (QED) is 0.598. The van der Waals surface area contributed by atoms with Crippen molar-refractivity contribution in [1.29, 1.82) is 0 Å². The van der Waals surface area contributed by atoms with Crippen LogP contribution >= 0.6 is 0 Å². The summed E-state index contributed by atoms with van der Waals surface area (Å²) < 4.78 is 12.9. The Bertz CT molecular complexity index is 105. The Labute approximate surface area is 61.8 Å². The fraction of sp³-hybridized carbons (Fsp3) is 1.00. The van der Waals surface area contributed by atoms with Crippen LogP contribution in [0.1, 0.15) is 32.6 Å².